The molecule has 0 bridgehead atoms. The van der Waals surface area contributed by atoms with Crippen LogP contribution in [0, 0.1) is 26.7 Å². The lowest BCUT2D eigenvalue weighted by Crippen LogP contribution is -2.51. The largest absolute Gasteiger partial charge is 0.382 e. The lowest BCUT2D eigenvalue weighted by molar-refractivity contribution is -0.138. The number of benzene rings is 1. The van der Waals surface area contributed by atoms with E-state index in [1.165, 1.54) is 11.1 Å². The minimum Gasteiger partial charge on any atom is -0.382 e. The van der Waals surface area contributed by atoms with Gasteiger partial charge >= 0.3 is 0 Å². The molecule has 1 aromatic carbocycles. The summed E-state index contributed by atoms with van der Waals surface area (Å²) in [4.78, 5) is 27.5. The molecule has 1 saturated carbocycles. The van der Waals surface area contributed by atoms with Crippen LogP contribution < -0.4 is 5.32 Å². The summed E-state index contributed by atoms with van der Waals surface area (Å²) >= 11 is 0. The maximum Gasteiger partial charge on any atom is 0.225 e. The molecule has 3 aromatic rings. The first-order chi connectivity index (χ1) is 19.4. The van der Waals surface area contributed by atoms with Gasteiger partial charge in [0.15, 0.2) is 5.65 Å². The summed E-state index contributed by atoms with van der Waals surface area (Å²) in [6.07, 6.45) is 6.27. The lowest BCUT2D eigenvalue weighted by atomic mass is 9.84. The number of carbonyl (C=O) groups excluding carboxylic acids is 1. The summed E-state index contributed by atoms with van der Waals surface area (Å²) in [7, 11) is 0. The Labute approximate surface area is 238 Å². The van der Waals surface area contributed by atoms with Gasteiger partial charge in [0.2, 0.25) is 5.91 Å². The molecule has 0 spiro atoms. The number of piperidine rings is 1. The Kier molecular flexibility index (Phi) is 8.08. The minimum atomic E-state index is 0.189. The first-order valence-electron chi connectivity index (χ1n) is 15.2. The minimum absolute atomic E-state index is 0.189. The van der Waals surface area contributed by atoms with E-state index in [9.17, 15) is 4.79 Å². The summed E-state index contributed by atoms with van der Waals surface area (Å²) in [5.41, 5.74) is 6.54. The van der Waals surface area contributed by atoms with Gasteiger partial charge in [-0.1, -0.05) is 12.1 Å². The fraction of sp³-hybridized carbons (Fsp3) is 0.594. The van der Waals surface area contributed by atoms with Crippen molar-refractivity contribution in [2.45, 2.75) is 77.9 Å². The van der Waals surface area contributed by atoms with Gasteiger partial charge < -0.3 is 19.5 Å². The van der Waals surface area contributed by atoms with E-state index in [0.717, 1.165) is 113 Å². The third kappa shape index (κ3) is 5.88. The zero-order valence-electron chi connectivity index (χ0n) is 24.4. The van der Waals surface area contributed by atoms with Gasteiger partial charge in [-0.15, -0.1) is 0 Å². The Bertz CT molecular complexity index is 1310. The molecule has 40 heavy (non-hydrogen) atoms. The fourth-order valence-electron chi connectivity index (χ4n) is 6.96. The van der Waals surface area contributed by atoms with Crippen molar-refractivity contribution in [3.63, 3.8) is 0 Å². The number of morpholine rings is 1. The van der Waals surface area contributed by atoms with Crippen molar-refractivity contribution in [3.8, 4) is 0 Å². The second-order valence-corrected chi connectivity index (χ2v) is 12.1. The quantitative estimate of drug-likeness (QED) is 0.485. The average molecular weight is 545 g/mol. The number of aryl methyl sites for hydroxylation is 3. The van der Waals surface area contributed by atoms with Gasteiger partial charge in [-0.05, 0) is 88.6 Å². The number of imidazole rings is 1. The SMILES string of the molecule is Cc1cc(C)c2nc(C)n(Cc3ccc(N[C@H]4CC[C@H](C(=O)N5CCC(N6CCOCC6)CC5)CC4)cc3)c2n1. The molecule has 0 unspecified atom stereocenters. The van der Waals surface area contributed by atoms with E-state index in [1.54, 1.807) is 0 Å². The van der Waals surface area contributed by atoms with Crippen molar-refractivity contribution >= 4 is 22.8 Å². The Morgan fingerprint density at radius 3 is 2.33 bits per heavy atom. The van der Waals surface area contributed by atoms with Crippen molar-refractivity contribution in [1.29, 1.82) is 0 Å². The first kappa shape index (κ1) is 27.2. The van der Waals surface area contributed by atoms with Crippen molar-refractivity contribution < 1.29 is 9.53 Å². The van der Waals surface area contributed by atoms with Crippen LogP contribution in [0.4, 0.5) is 5.69 Å². The topological polar surface area (TPSA) is 75.5 Å². The van der Waals surface area contributed by atoms with Gasteiger partial charge in [0.25, 0.3) is 0 Å². The summed E-state index contributed by atoms with van der Waals surface area (Å²) < 4.78 is 7.72. The number of carbonyl (C=O) groups is 1. The standard InChI is InChI=1S/C32H44N6O2/c1-22-20-23(2)33-31-30(22)34-24(3)38(31)21-25-4-8-27(9-5-25)35-28-10-6-26(7-11-28)32(39)37-14-12-29(13-15-37)36-16-18-40-19-17-36/h4-5,8-9,20,26,28-29,35H,6-7,10-19,21H2,1-3H3/t26-,28-. The van der Waals surface area contributed by atoms with Crippen LogP contribution in [-0.2, 0) is 16.1 Å². The highest BCUT2D eigenvalue weighted by Gasteiger charge is 2.33. The molecular formula is C32H44N6O2. The molecule has 0 atom stereocenters. The Balaban J connectivity index is 0.980. The summed E-state index contributed by atoms with van der Waals surface area (Å²) in [5, 5.41) is 3.73. The smallest absolute Gasteiger partial charge is 0.225 e. The molecule has 3 fully saturated rings. The summed E-state index contributed by atoms with van der Waals surface area (Å²) in [6.45, 7) is 12.6. The maximum absolute atomic E-state index is 13.3. The van der Waals surface area contributed by atoms with Gasteiger partial charge in [0.05, 0.1) is 19.8 Å². The summed E-state index contributed by atoms with van der Waals surface area (Å²) in [6, 6.07) is 11.9. The zero-order valence-corrected chi connectivity index (χ0v) is 24.4. The van der Waals surface area contributed by atoms with Crippen LogP contribution in [-0.4, -0.2) is 81.7 Å². The molecular weight excluding hydrogens is 500 g/mol. The van der Waals surface area contributed by atoms with E-state index in [4.69, 9.17) is 14.7 Å². The number of nitrogens with zero attached hydrogens (tertiary/aromatic N) is 5. The van der Waals surface area contributed by atoms with E-state index in [1.807, 2.05) is 6.92 Å². The molecule has 4 heterocycles. The highest BCUT2D eigenvalue weighted by molar-refractivity contribution is 5.79. The van der Waals surface area contributed by atoms with Crippen LogP contribution in [0.5, 0.6) is 0 Å². The highest BCUT2D eigenvalue weighted by atomic mass is 16.5. The molecule has 2 saturated heterocycles. The Morgan fingerprint density at radius 2 is 1.62 bits per heavy atom. The van der Waals surface area contributed by atoms with E-state index >= 15 is 0 Å². The number of hydrogen-bond acceptors (Lipinski definition) is 6. The number of rotatable bonds is 6. The number of ether oxygens (including phenoxy) is 1. The normalized spacial score (nSPS) is 23.0. The van der Waals surface area contributed by atoms with E-state index in [-0.39, 0.29) is 5.92 Å². The fourth-order valence-corrected chi connectivity index (χ4v) is 6.96. The number of amides is 1. The maximum atomic E-state index is 13.3. The molecule has 6 rings (SSSR count). The van der Waals surface area contributed by atoms with Crippen LogP contribution in [0.25, 0.3) is 11.2 Å². The van der Waals surface area contributed by atoms with Gasteiger partial charge in [-0.25, -0.2) is 9.97 Å². The van der Waals surface area contributed by atoms with Crippen LogP contribution in [0.1, 0.15) is 61.2 Å². The molecule has 2 aromatic heterocycles. The predicted octanol–water partition coefficient (Wildman–Crippen LogP) is 4.70. The van der Waals surface area contributed by atoms with Crippen molar-refractivity contribution in [3.05, 3.63) is 53.0 Å². The van der Waals surface area contributed by atoms with Crippen LogP contribution in [0.3, 0.4) is 0 Å². The molecule has 2 aliphatic heterocycles. The van der Waals surface area contributed by atoms with Crippen molar-refractivity contribution in [1.82, 2.24) is 24.3 Å². The second kappa shape index (κ2) is 11.9. The molecule has 214 valence electrons. The monoisotopic (exact) mass is 544 g/mol. The second-order valence-electron chi connectivity index (χ2n) is 12.1. The average Bonchev–Trinajstić information content (AvgIpc) is 3.29. The van der Waals surface area contributed by atoms with E-state index in [2.05, 4.69) is 63.9 Å². The third-order valence-electron chi connectivity index (χ3n) is 9.29. The number of hydrogen-bond donors (Lipinski definition) is 1. The molecule has 8 nitrogen and oxygen atoms in total. The number of likely N-dealkylation sites (tertiary alicyclic amines) is 1. The number of fused-ring (bicyclic) bond motifs is 1. The number of anilines is 1. The van der Waals surface area contributed by atoms with Crippen LogP contribution in [0.2, 0.25) is 0 Å². The number of aromatic nitrogens is 3. The van der Waals surface area contributed by atoms with Gasteiger partial charge in [-0.2, -0.15) is 0 Å². The molecule has 8 heteroatoms. The number of pyridine rings is 1. The van der Waals surface area contributed by atoms with Gasteiger partial charge in [-0.3, -0.25) is 9.69 Å². The molecule has 1 aliphatic carbocycles. The molecule has 1 amide bonds. The van der Waals surface area contributed by atoms with Crippen LogP contribution >= 0.6 is 0 Å². The molecule has 1 N–H and O–H groups in total. The number of nitrogens with one attached hydrogen (secondary N) is 1. The molecule has 0 radical (unpaired) electrons. The Morgan fingerprint density at radius 1 is 0.925 bits per heavy atom. The van der Waals surface area contributed by atoms with E-state index < -0.39 is 0 Å². The highest BCUT2D eigenvalue weighted by Crippen LogP contribution is 2.30. The van der Waals surface area contributed by atoms with Crippen molar-refractivity contribution in [2.75, 3.05) is 44.7 Å². The van der Waals surface area contributed by atoms with Crippen LogP contribution in [0.15, 0.2) is 30.3 Å². The van der Waals surface area contributed by atoms with Gasteiger partial charge in [0.1, 0.15) is 11.3 Å². The van der Waals surface area contributed by atoms with Crippen molar-refractivity contribution in [2.24, 2.45) is 5.92 Å². The van der Waals surface area contributed by atoms with Gasteiger partial charge in [0, 0.05) is 55.6 Å². The molecule has 3 aliphatic rings. The zero-order chi connectivity index (χ0) is 27.6. The van der Waals surface area contributed by atoms with E-state index in [0.29, 0.717) is 18.0 Å². The Hall–Kier alpha value is -2.97. The predicted molar refractivity (Wildman–Crippen MR) is 159 cm³/mol. The third-order valence-corrected chi connectivity index (χ3v) is 9.29. The summed E-state index contributed by atoms with van der Waals surface area (Å²) in [5.74, 6) is 1.58. The first-order valence-corrected chi connectivity index (χ1v) is 15.2. The lowest BCUT2D eigenvalue weighted by Gasteiger charge is -2.41.